The van der Waals surface area contributed by atoms with E-state index in [-0.39, 0.29) is 12.1 Å². The van der Waals surface area contributed by atoms with Crippen molar-refractivity contribution in [2.75, 3.05) is 12.3 Å². The van der Waals surface area contributed by atoms with E-state index in [2.05, 4.69) is 4.90 Å². The molecule has 0 bridgehead atoms. The summed E-state index contributed by atoms with van der Waals surface area (Å²) in [4.78, 5) is 2.45. The monoisotopic (exact) mass is 218 g/mol. The molecular weight excluding hydrogens is 200 g/mol. The summed E-state index contributed by atoms with van der Waals surface area (Å²) in [5.41, 5.74) is 7.68. The number of likely N-dealkylation sites (tertiary alicyclic amines) is 1. The van der Waals surface area contributed by atoms with Crippen LogP contribution in [-0.2, 0) is 0 Å². The topological polar surface area (TPSA) is 49.5 Å². The summed E-state index contributed by atoms with van der Waals surface area (Å²) in [6.07, 6.45) is 3.26. The van der Waals surface area contributed by atoms with Gasteiger partial charge in [-0.3, -0.25) is 4.90 Å². The number of nitrogen functional groups attached to an aromatic ring is 1. The summed E-state index contributed by atoms with van der Waals surface area (Å²) < 4.78 is 0. The molecule has 1 heterocycles. The maximum absolute atomic E-state index is 10.1. The van der Waals surface area contributed by atoms with Crippen LogP contribution in [0.25, 0.3) is 0 Å². The van der Waals surface area contributed by atoms with E-state index in [0.29, 0.717) is 6.04 Å². The third-order valence-corrected chi connectivity index (χ3v) is 3.70. The van der Waals surface area contributed by atoms with Crippen molar-refractivity contribution in [3.63, 3.8) is 0 Å². The SMILES string of the molecule is Nc1ccc(C2C(O)CCN2C2CC2)cc1. The Balaban J connectivity index is 1.87. The van der Waals surface area contributed by atoms with E-state index < -0.39 is 0 Å². The molecule has 2 atom stereocenters. The third kappa shape index (κ3) is 1.70. The zero-order valence-electron chi connectivity index (χ0n) is 9.34. The second kappa shape index (κ2) is 3.75. The van der Waals surface area contributed by atoms with E-state index in [1.807, 2.05) is 24.3 Å². The lowest BCUT2D eigenvalue weighted by atomic mass is 10.0. The molecule has 3 N–H and O–H groups in total. The summed E-state index contributed by atoms with van der Waals surface area (Å²) in [5.74, 6) is 0. The average Bonchev–Trinajstić information content (AvgIpc) is 3.05. The zero-order valence-corrected chi connectivity index (χ0v) is 9.34. The molecule has 3 rings (SSSR count). The third-order valence-electron chi connectivity index (χ3n) is 3.70. The second-order valence-corrected chi connectivity index (χ2v) is 4.94. The normalized spacial score (nSPS) is 30.8. The minimum Gasteiger partial charge on any atom is -0.399 e. The van der Waals surface area contributed by atoms with Crippen molar-refractivity contribution in [2.45, 2.75) is 37.5 Å². The van der Waals surface area contributed by atoms with Crippen LogP contribution in [0, 0.1) is 0 Å². The van der Waals surface area contributed by atoms with Crippen molar-refractivity contribution in [3.8, 4) is 0 Å². The molecule has 1 saturated carbocycles. The fourth-order valence-electron chi connectivity index (χ4n) is 2.72. The van der Waals surface area contributed by atoms with E-state index in [1.54, 1.807) is 0 Å². The van der Waals surface area contributed by atoms with E-state index in [9.17, 15) is 5.11 Å². The standard InChI is InChI=1S/C13H18N2O/c14-10-3-1-9(2-4-10)13-12(16)7-8-15(13)11-5-6-11/h1-4,11-13,16H,5-8,14H2. The second-order valence-electron chi connectivity index (χ2n) is 4.94. The first kappa shape index (κ1) is 10.1. The molecule has 1 aliphatic heterocycles. The molecule has 3 nitrogen and oxygen atoms in total. The fourth-order valence-corrected chi connectivity index (χ4v) is 2.72. The summed E-state index contributed by atoms with van der Waals surface area (Å²) in [5, 5.41) is 10.1. The molecule has 3 heteroatoms. The van der Waals surface area contributed by atoms with Gasteiger partial charge in [-0.05, 0) is 37.0 Å². The Morgan fingerprint density at radius 2 is 1.81 bits per heavy atom. The van der Waals surface area contributed by atoms with Crippen molar-refractivity contribution < 1.29 is 5.11 Å². The van der Waals surface area contributed by atoms with Gasteiger partial charge in [-0.1, -0.05) is 12.1 Å². The maximum atomic E-state index is 10.1. The molecule has 1 aromatic carbocycles. The number of anilines is 1. The highest BCUT2D eigenvalue weighted by Crippen LogP contribution is 2.40. The van der Waals surface area contributed by atoms with E-state index in [1.165, 1.54) is 18.4 Å². The van der Waals surface area contributed by atoms with Crippen LogP contribution in [0.3, 0.4) is 0 Å². The Labute approximate surface area is 95.9 Å². The van der Waals surface area contributed by atoms with Gasteiger partial charge >= 0.3 is 0 Å². The van der Waals surface area contributed by atoms with E-state index >= 15 is 0 Å². The fraction of sp³-hybridized carbons (Fsp3) is 0.538. The molecule has 16 heavy (non-hydrogen) atoms. The van der Waals surface area contributed by atoms with Gasteiger partial charge in [-0.25, -0.2) is 0 Å². The maximum Gasteiger partial charge on any atom is 0.0749 e. The van der Waals surface area contributed by atoms with Gasteiger partial charge in [-0.15, -0.1) is 0 Å². The van der Waals surface area contributed by atoms with Crippen LogP contribution >= 0.6 is 0 Å². The van der Waals surface area contributed by atoms with Crippen molar-refractivity contribution in [2.24, 2.45) is 0 Å². The molecule has 2 unspecified atom stereocenters. The highest BCUT2D eigenvalue weighted by Gasteiger charge is 2.41. The zero-order chi connectivity index (χ0) is 11.1. The Bertz CT molecular complexity index is 372. The van der Waals surface area contributed by atoms with Gasteiger partial charge in [0.25, 0.3) is 0 Å². The highest BCUT2D eigenvalue weighted by atomic mass is 16.3. The number of benzene rings is 1. The van der Waals surface area contributed by atoms with Gasteiger partial charge in [0.1, 0.15) is 0 Å². The van der Waals surface area contributed by atoms with E-state index in [4.69, 9.17) is 5.73 Å². The lowest BCUT2D eigenvalue weighted by Gasteiger charge is -2.26. The van der Waals surface area contributed by atoms with Crippen molar-refractivity contribution in [3.05, 3.63) is 29.8 Å². The summed E-state index contributed by atoms with van der Waals surface area (Å²) in [6, 6.07) is 8.83. The molecule has 1 aliphatic carbocycles. The largest absolute Gasteiger partial charge is 0.399 e. The van der Waals surface area contributed by atoms with Crippen LogP contribution in [0.15, 0.2) is 24.3 Å². The first-order chi connectivity index (χ1) is 7.75. The Kier molecular flexibility index (Phi) is 2.37. The molecule has 1 aromatic rings. The Morgan fingerprint density at radius 3 is 2.44 bits per heavy atom. The minimum absolute atomic E-state index is 0.188. The van der Waals surface area contributed by atoms with Gasteiger partial charge < -0.3 is 10.8 Å². The molecular formula is C13H18N2O. The van der Waals surface area contributed by atoms with Crippen molar-refractivity contribution >= 4 is 5.69 Å². The number of nitrogens with zero attached hydrogens (tertiary/aromatic N) is 1. The lowest BCUT2D eigenvalue weighted by Crippen LogP contribution is -2.29. The molecule has 2 aliphatic rings. The molecule has 0 amide bonds. The predicted molar refractivity (Wildman–Crippen MR) is 63.9 cm³/mol. The quantitative estimate of drug-likeness (QED) is 0.740. The Morgan fingerprint density at radius 1 is 1.12 bits per heavy atom. The van der Waals surface area contributed by atoms with Gasteiger partial charge in [0.05, 0.1) is 12.1 Å². The lowest BCUT2D eigenvalue weighted by molar-refractivity contribution is 0.112. The van der Waals surface area contributed by atoms with Crippen LogP contribution in [0.5, 0.6) is 0 Å². The van der Waals surface area contributed by atoms with E-state index in [0.717, 1.165) is 18.7 Å². The molecule has 2 fully saturated rings. The molecule has 0 radical (unpaired) electrons. The number of hydrogen-bond donors (Lipinski definition) is 2. The molecule has 86 valence electrons. The first-order valence-electron chi connectivity index (χ1n) is 6.05. The molecule has 0 spiro atoms. The van der Waals surface area contributed by atoms with Gasteiger partial charge in [-0.2, -0.15) is 0 Å². The highest BCUT2D eigenvalue weighted by molar-refractivity contribution is 5.40. The predicted octanol–water partition coefficient (Wildman–Crippen LogP) is 1.54. The number of aliphatic hydroxyl groups is 1. The summed E-state index contributed by atoms with van der Waals surface area (Å²) in [7, 11) is 0. The average molecular weight is 218 g/mol. The van der Waals surface area contributed by atoms with Crippen LogP contribution in [-0.4, -0.2) is 28.7 Å². The molecule has 0 aromatic heterocycles. The number of nitrogens with two attached hydrogens (primary N) is 1. The van der Waals surface area contributed by atoms with Crippen LogP contribution in [0.1, 0.15) is 30.9 Å². The summed E-state index contributed by atoms with van der Waals surface area (Å²) >= 11 is 0. The van der Waals surface area contributed by atoms with Gasteiger partial charge in [0.15, 0.2) is 0 Å². The van der Waals surface area contributed by atoms with Crippen molar-refractivity contribution in [1.82, 2.24) is 4.90 Å². The number of aliphatic hydroxyl groups excluding tert-OH is 1. The van der Waals surface area contributed by atoms with Crippen LogP contribution in [0.4, 0.5) is 5.69 Å². The number of rotatable bonds is 2. The smallest absolute Gasteiger partial charge is 0.0749 e. The first-order valence-corrected chi connectivity index (χ1v) is 6.05. The summed E-state index contributed by atoms with van der Waals surface area (Å²) in [6.45, 7) is 1.03. The number of hydrogen-bond acceptors (Lipinski definition) is 3. The molecule has 1 saturated heterocycles. The van der Waals surface area contributed by atoms with Gasteiger partial charge in [0.2, 0.25) is 0 Å². The van der Waals surface area contributed by atoms with Gasteiger partial charge in [0, 0.05) is 18.3 Å². The van der Waals surface area contributed by atoms with Crippen LogP contribution in [0.2, 0.25) is 0 Å². The Hall–Kier alpha value is -1.06. The van der Waals surface area contributed by atoms with Crippen molar-refractivity contribution in [1.29, 1.82) is 0 Å². The minimum atomic E-state index is -0.218. The van der Waals surface area contributed by atoms with Crippen LogP contribution < -0.4 is 5.73 Å².